The SMILES string of the molecule is CCNC(=NCCc1ccc(C(=O)OC)cc1)NCCc1ccc(-n2cccn2)cc1. The third-order valence-corrected chi connectivity index (χ3v) is 4.80. The summed E-state index contributed by atoms with van der Waals surface area (Å²) in [4.78, 5) is 16.2. The van der Waals surface area contributed by atoms with E-state index in [1.165, 1.54) is 12.7 Å². The molecule has 2 aromatic carbocycles. The van der Waals surface area contributed by atoms with Gasteiger partial charge in [0, 0.05) is 32.0 Å². The van der Waals surface area contributed by atoms with Gasteiger partial charge in [-0.25, -0.2) is 9.48 Å². The van der Waals surface area contributed by atoms with Crippen LogP contribution in [-0.2, 0) is 17.6 Å². The predicted molar refractivity (Wildman–Crippen MR) is 123 cm³/mol. The van der Waals surface area contributed by atoms with Crippen LogP contribution in [-0.4, -0.2) is 48.5 Å². The first-order valence-corrected chi connectivity index (χ1v) is 10.5. The van der Waals surface area contributed by atoms with Crippen LogP contribution in [0.3, 0.4) is 0 Å². The lowest BCUT2D eigenvalue weighted by atomic mass is 10.1. The highest BCUT2D eigenvalue weighted by Crippen LogP contribution is 2.09. The maximum absolute atomic E-state index is 11.5. The lowest BCUT2D eigenvalue weighted by molar-refractivity contribution is 0.0600. The molecule has 7 heteroatoms. The minimum atomic E-state index is -0.320. The van der Waals surface area contributed by atoms with Crippen molar-refractivity contribution >= 4 is 11.9 Å². The van der Waals surface area contributed by atoms with Crippen molar-refractivity contribution in [3.8, 4) is 5.69 Å². The molecule has 31 heavy (non-hydrogen) atoms. The first kappa shape index (κ1) is 22.1. The molecule has 0 amide bonds. The summed E-state index contributed by atoms with van der Waals surface area (Å²) >= 11 is 0. The molecule has 0 saturated carbocycles. The summed E-state index contributed by atoms with van der Waals surface area (Å²) in [6.07, 6.45) is 5.41. The number of nitrogens with one attached hydrogen (secondary N) is 2. The quantitative estimate of drug-likeness (QED) is 0.317. The van der Waals surface area contributed by atoms with Gasteiger partial charge in [-0.1, -0.05) is 24.3 Å². The van der Waals surface area contributed by atoms with Gasteiger partial charge in [0.25, 0.3) is 0 Å². The molecule has 3 rings (SSSR count). The van der Waals surface area contributed by atoms with E-state index in [0.717, 1.165) is 43.1 Å². The molecule has 3 aromatic rings. The minimum Gasteiger partial charge on any atom is -0.465 e. The molecule has 0 radical (unpaired) electrons. The number of ether oxygens (including phenoxy) is 1. The third kappa shape index (κ3) is 6.70. The molecule has 0 aliphatic carbocycles. The fourth-order valence-electron chi connectivity index (χ4n) is 3.13. The fourth-order valence-corrected chi connectivity index (χ4v) is 3.13. The van der Waals surface area contributed by atoms with Crippen LogP contribution in [0.15, 0.2) is 72.0 Å². The van der Waals surface area contributed by atoms with Crippen molar-refractivity contribution in [3.05, 3.63) is 83.7 Å². The summed E-state index contributed by atoms with van der Waals surface area (Å²) in [5, 5.41) is 10.9. The van der Waals surface area contributed by atoms with E-state index in [9.17, 15) is 4.79 Å². The number of esters is 1. The van der Waals surface area contributed by atoms with Crippen molar-refractivity contribution in [2.24, 2.45) is 4.99 Å². The summed E-state index contributed by atoms with van der Waals surface area (Å²) in [6, 6.07) is 17.8. The normalized spacial score (nSPS) is 11.2. The number of methoxy groups -OCH3 is 1. The van der Waals surface area contributed by atoms with E-state index in [1.807, 2.05) is 29.1 Å². The van der Waals surface area contributed by atoms with E-state index < -0.39 is 0 Å². The van der Waals surface area contributed by atoms with Crippen molar-refractivity contribution in [3.63, 3.8) is 0 Å². The molecule has 7 nitrogen and oxygen atoms in total. The van der Waals surface area contributed by atoms with E-state index in [0.29, 0.717) is 12.1 Å². The van der Waals surface area contributed by atoms with Crippen LogP contribution in [0, 0.1) is 0 Å². The number of hydrogen-bond acceptors (Lipinski definition) is 4. The first-order chi connectivity index (χ1) is 15.2. The molecule has 0 saturated heterocycles. The molecule has 0 spiro atoms. The average molecular weight is 420 g/mol. The Kier molecular flexibility index (Phi) is 8.22. The Morgan fingerprint density at radius 3 is 2.39 bits per heavy atom. The topological polar surface area (TPSA) is 80.5 Å². The number of aromatic nitrogens is 2. The molecule has 162 valence electrons. The predicted octanol–water partition coefficient (Wildman–Crippen LogP) is 3.00. The molecular formula is C24H29N5O2. The van der Waals surface area contributed by atoms with E-state index in [1.54, 1.807) is 18.3 Å². The summed E-state index contributed by atoms with van der Waals surface area (Å²) in [5.74, 6) is 0.487. The Balaban J connectivity index is 1.46. The zero-order valence-corrected chi connectivity index (χ0v) is 18.0. The Bertz CT molecular complexity index is 964. The van der Waals surface area contributed by atoms with Crippen LogP contribution >= 0.6 is 0 Å². The van der Waals surface area contributed by atoms with Crippen LogP contribution in [0.5, 0.6) is 0 Å². The van der Waals surface area contributed by atoms with Crippen molar-refractivity contribution in [1.82, 2.24) is 20.4 Å². The molecule has 1 aromatic heterocycles. The van der Waals surface area contributed by atoms with Gasteiger partial charge in [-0.15, -0.1) is 0 Å². The van der Waals surface area contributed by atoms with E-state index in [2.05, 4.69) is 51.9 Å². The van der Waals surface area contributed by atoms with Gasteiger partial charge in [-0.3, -0.25) is 4.99 Å². The van der Waals surface area contributed by atoms with E-state index in [-0.39, 0.29) is 5.97 Å². The van der Waals surface area contributed by atoms with E-state index >= 15 is 0 Å². The zero-order valence-electron chi connectivity index (χ0n) is 18.0. The summed E-state index contributed by atoms with van der Waals surface area (Å²) in [7, 11) is 1.39. The second-order valence-corrected chi connectivity index (χ2v) is 6.99. The number of benzene rings is 2. The van der Waals surface area contributed by atoms with Crippen molar-refractivity contribution in [2.75, 3.05) is 26.7 Å². The largest absolute Gasteiger partial charge is 0.465 e. The van der Waals surface area contributed by atoms with Gasteiger partial charge in [0.1, 0.15) is 0 Å². The molecule has 0 bridgehead atoms. The van der Waals surface area contributed by atoms with Crippen LogP contribution in [0.25, 0.3) is 5.69 Å². The summed E-state index contributed by atoms with van der Waals surface area (Å²) < 4.78 is 6.57. The minimum absolute atomic E-state index is 0.320. The molecular weight excluding hydrogens is 390 g/mol. The van der Waals surface area contributed by atoms with Gasteiger partial charge in [0.15, 0.2) is 5.96 Å². The van der Waals surface area contributed by atoms with Gasteiger partial charge in [0.05, 0.1) is 18.4 Å². The highest BCUT2D eigenvalue weighted by Gasteiger charge is 2.04. The molecule has 2 N–H and O–H groups in total. The Hall–Kier alpha value is -3.61. The van der Waals surface area contributed by atoms with Crippen LogP contribution in [0.2, 0.25) is 0 Å². The fraction of sp³-hybridized carbons (Fsp3) is 0.292. The average Bonchev–Trinajstić information content (AvgIpc) is 3.34. The van der Waals surface area contributed by atoms with Gasteiger partial charge < -0.3 is 15.4 Å². The van der Waals surface area contributed by atoms with Gasteiger partial charge in [-0.05, 0) is 61.2 Å². The maximum atomic E-state index is 11.5. The monoisotopic (exact) mass is 419 g/mol. The van der Waals surface area contributed by atoms with Crippen LogP contribution in [0.1, 0.15) is 28.4 Å². The van der Waals surface area contributed by atoms with Crippen molar-refractivity contribution in [2.45, 2.75) is 19.8 Å². The highest BCUT2D eigenvalue weighted by molar-refractivity contribution is 5.89. The molecule has 1 heterocycles. The van der Waals surface area contributed by atoms with Crippen molar-refractivity contribution < 1.29 is 9.53 Å². The second-order valence-electron chi connectivity index (χ2n) is 6.99. The Labute approximate surface area is 183 Å². The molecule has 0 aliphatic heterocycles. The molecule has 0 unspecified atom stereocenters. The number of carbonyl (C=O) groups is 1. The number of hydrogen-bond donors (Lipinski definition) is 2. The Morgan fingerprint density at radius 1 is 1.03 bits per heavy atom. The molecule has 0 fully saturated rings. The molecule has 0 atom stereocenters. The van der Waals surface area contributed by atoms with Crippen LogP contribution in [0.4, 0.5) is 0 Å². The van der Waals surface area contributed by atoms with Gasteiger partial charge in [-0.2, -0.15) is 5.10 Å². The zero-order chi connectivity index (χ0) is 21.9. The number of carbonyl (C=O) groups excluding carboxylic acids is 1. The van der Waals surface area contributed by atoms with Gasteiger partial charge in [0.2, 0.25) is 0 Å². The number of aliphatic imine (C=N–C) groups is 1. The Morgan fingerprint density at radius 2 is 1.74 bits per heavy atom. The van der Waals surface area contributed by atoms with Crippen molar-refractivity contribution in [1.29, 1.82) is 0 Å². The lowest BCUT2D eigenvalue weighted by Gasteiger charge is -2.11. The second kappa shape index (κ2) is 11.5. The molecule has 0 aliphatic rings. The highest BCUT2D eigenvalue weighted by atomic mass is 16.5. The smallest absolute Gasteiger partial charge is 0.337 e. The maximum Gasteiger partial charge on any atom is 0.337 e. The third-order valence-electron chi connectivity index (χ3n) is 4.80. The van der Waals surface area contributed by atoms with Gasteiger partial charge >= 0.3 is 5.97 Å². The number of guanidine groups is 1. The lowest BCUT2D eigenvalue weighted by Crippen LogP contribution is -2.38. The standard InChI is InChI=1S/C24H29N5O2/c1-3-25-24(26-16-13-19-5-9-21(10-6-19)23(30)31-2)27-17-14-20-7-11-22(12-8-20)29-18-4-15-28-29/h4-12,15,18H,3,13-14,16-17H2,1-2H3,(H2,25,26,27). The summed E-state index contributed by atoms with van der Waals surface area (Å²) in [6.45, 7) is 4.31. The summed E-state index contributed by atoms with van der Waals surface area (Å²) in [5.41, 5.74) is 3.99. The number of rotatable bonds is 9. The van der Waals surface area contributed by atoms with E-state index in [4.69, 9.17) is 4.74 Å². The van der Waals surface area contributed by atoms with Crippen LogP contribution < -0.4 is 10.6 Å². The number of nitrogens with zero attached hydrogens (tertiary/aromatic N) is 3. The first-order valence-electron chi connectivity index (χ1n) is 10.5.